The number of rotatable bonds is 3. The van der Waals surface area contributed by atoms with Crippen molar-refractivity contribution < 1.29 is 18.0 Å². The van der Waals surface area contributed by atoms with Crippen LogP contribution in [0.4, 0.5) is 13.2 Å². The van der Waals surface area contributed by atoms with Gasteiger partial charge >= 0.3 is 6.18 Å². The topological polar surface area (TPSA) is 40.8 Å². The molecule has 0 radical (unpaired) electrons. The van der Waals surface area contributed by atoms with Crippen molar-refractivity contribution in [2.75, 3.05) is 27.2 Å². The molecule has 0 unspecified atom stereocenters. The fourth-order valence-corrected chi connectivity index (χ4v) is 4.29. The minimum absolute atomic E-state index is 0.0800. The van der Waals surface area contributed by atoms with E-state index < -0.39 is 11.7 Å². The Morgan fingerprint density at radius 2 is 2.11 bits per heavy atom. The Balaban J connectivity index is 1.64. The first kappa shape index (κ1) is 18.9. The number of carbonyl (C=O) groups excluding carboxylic acids is 1. The van der Waals surface area contributed by atoms with Crippen LogP contribution in [-0.2, 0) is 6.18 Å². The van der Waals surface area contributed by atoms with E-state index in [1.54, 1.807) is 22.0 Å². The van der Waals surface area contributed by atoms with Crippen LogP contribution < -0.4 is 0 Å². The second-order valence-electron chi connectivity index (χ2n) is 7.14. The normalized spacial score (nSPS) is 17.8. The van der Waals surface area contributed by atoms with E-state index in [0.29, 0.717) is 41.0 Å². The van der Waals surface area contributed by atoms with E-state index in [-0.39, 0.29) is 5.91 Å². The molecule has 3 heterocycles. The zero-order valence-corrected chi connectivity index (χ0v) is 16.2. The van der Waals surface area contributed by atoms with Crippen LogP contribution in [0.15, 0.2) is 35.8 Å². The number of likely N-dealkylation sites (N-methyl/N-ethyl adjacent to an activating group) is 1. The van der Waals surface area contributed by atoms with Crippen molar-refractivity contribution >= 4 is 22.2 Å². The highest BCUT2D eigenvalue weighted by atomic mass is 32.1. The van der Waals surface area contributed by atoms with Crippen molar-refractivity contribution in [3.63, 3.8) is 0 Å². The van der Waals surface area contributed by atoms with Crippen LogP contribution in [0.2, 0.25) is 0 Å². The lowest BCUT2D eigenvalue weighted by molar-refractivity contribution is -0.137. The maximum Gasteiger partial charge on any atom is 0.416 e. The van der Waals surface area contributed by atoms with Crippen LogP contribution in [0.5, 0.6) is 0 Å². The van der Waals surface area contributed by atoms with E-state index in [2.05, 4.69) is 9.88 Å². The van der Waals surface area contributed by atoms with Crippen molar-refractivity contribution in [1.29, 1.82) is 0 Å². The van der Waals surface area contributed by atoms with E-state index in [1.165, 1.54) is 17.4 Å². The van der Waals surface area contributed by atoms with Gasteiger partial charge in [0.2, 0.25) is 0 Å². The van der Waals surface area contributed by atoms with E-state index in [9.17, 15) is 18.0 Å². The van der Waals surface area contributed by atoms with Crippen LogP contribution in [-0.4, -0.2) is 58.3 Å². The molecule has 1 amide bonds. The average Bonchev–Trinajstić information content (AvgIpc) is 3.35. The van der Waals surface area contributed by atoms with E-state index >= 15 is 0 Å². The minimum Gasteiger partial charge on any atom is -0.336 e. The summed E-state index contributed by atoms with van der Waals surface area (Å²) in [4.78, 5) is 21.9. The number of carbonyl (C=O) groups is 1. The van der Waals surface area contributed by atoms with Gasteiger partial charge in [0.25, 0.3) is 5.91 Å². The van der Waals surface area contributed by atoms with Gasteiger partial charge in [0.15, 0.2) is 4.96 Å². The number of benzene rings is 1. The average molecular weight is 408 g/mol. The number of thiazole rings is 1. The number of hydrogen-bond acceptors (Lipinski definition) is 4. The number of halogens is 3. The Morgan fingerprint density at radius 1 is 1.32 bits per heavy atom. The van der Waals surface area contributed by atoms with E-state index in [1.807, 2.05) is 19.0 Å². The third kappa shape index (κ3) is 3.40. The maximum absolute atomic E-state index is 13.0. The third-order valence-corrected chi connectivity index (χ3v) is 5.93. The number of alkyl halides is 3. The molecular formula is C19H19F3N4OS. The zero-order valence-electron chi connectivity index (χ0n) is 15.4. The SMILES string of the molecule is CN(C)[C@H]1CCN(C(=O)c2csc3nc(-c4cccc(C(F)(F)F)c4)cn23)C1. The highest BCUT2D eigenvalue weighted by Crippen LogP contribution is 2.32. The molecule has 1 atom stereocenters. The summed E-state index contributed by atoms with van der Waals surface area (Å²) in [5.74, 6) is -0.0800. The summed E-state index contributed by atoms with van der Waals surface area (Å²) >= 11 is 1.31. The van der Waals surface area contributed by atoms with Crippen LogP contribution in [0, 0.1) is 0 Å². The van der Waals surface area contributed by atoms with Gasteiger partial charge in [-0.3, -0.25) is 9.20 Å². The molecule has 9 heteroatoms. The van der Waals surface area contributed by atoms with Crippen LogP contribution in [0.3, 0.4) is 0 Å². The predicted octanol–water partition coefficient (Wildman–Crippen LogP) is 3.86. The van der Waals surface area contributed by atoms with Gasteiger partial charge in [0, 0.05) is 36.3 Å². The van der Waals surface area contributed by atoms with Gasteiger partial charge in [0.1, 0.15) is 5.69 Å². The second kappa shape index (κ2) is 6.89. The van der Waals surface area contributed by atoms with Gasteiger partial charge in [-0.1, -0.05) is 12.1 Å². The third-order valence-electron chi connectivity index (χ3n) is 5.09. The lowest BCUT2D eigenvalue weighted by Crippen LogP contribution is -2.34. The monoisotopic (exact) mass is 408 g/mol. The standard InChI is InChI=1S/C19H19F3N4OS/c1-24(2)14-6-7-25(9-14)17(27)16-11-28-18-23-15(10-26(16)18)12-4-3-5-13(8-12)19(20,21)22/h3-5,8,10-11,14H,6-7,9H2,1-2H3/t14-/m0/s1. The molecule has 148 valence electrons. The molecule has 0 N–H and O–H groups in total. The zero-order chi connectivity index (χ0) is 20.1. The Hall–Kier alpha value is -2.39. The summed E-state index contributed by atoms with van der Waals surface area (Å²) in [5.41, 5.74) is 0.562. The summed E-state index contributed by atoms with van der Waals surface area (Å²) in [6.45, 7) is 1.35. The summed E-state index contributed by atoms with van der Waals surface area (Å²) in [6.07, 6.45) is -1.85. The van der Waals surface area contributed by atoms with Gasteiger partial charge in [-0.25, -0.2) is 4.98 Å². The van der Waals surface area contributed by atoms with Crippen molar-refractivity contribution in [3.05, 3.63) is 47.1 Å². The maximum atomic E-state index is 13.0. The summed E-state index contributed by atoms with van der Waals surface area (Å²) < 4.78 is 40.6. The van der Waals surface area contributed by atoms with Crippen molar-refractivity contribution in [2.45, 2.75) is 18.6 Å². The number of nitrogens with zero attached hydrogens (tertiary/aromatic N) is 4. The fraction of sp³-hybridized carbons (Fsp3) is 0.368. The number of amides is 1. The van der Waals surface area contributed by atoms with E-state index in [4.69, 9.17) is 0 Å². The molecule has 0 aliphatic carbocycles. The molecule has 4 rings (SSSR count). The molecule has 1 aromatic carbocycles. The smallest absolute Gasteiger partial charge is 0.336 e. The molecule has 2 aromatic heterocycles. The number of fused-ring (bicyclic) bond motifs is 1. The largest absolute Gasteiger partial charge is 0.416 e. The predicted molar refractivity (Wildman–Crippen MR) is 102 cm³/mol. The molecule has 1 fully saturated rings. The Labute approximate surface area is 164 Å². The molecular weight excluding hydrogens is 389 g/mol. The summed E-state index contributed by atoms with van der Waals surface area (Å²) in [6, 6.07) is 5.40. The van der Waals surface area contributed by atoms with Gasteiger partial charge < -0.3 is 9.80 Å². The van der Waals surface area contributed by atoms with Gasteiger partial charge in [-0.2, -0.15) is 13.2 Å². The van der Waals surface area contributed by atoms with Crippen molar-refractivity contribution in [2.24, 2.45) is 0 Å². The van der Waals surface area contributed by atoms with E-state index in [0.717, 1.165) is 18.6 Å². The quantitative estimate of drug-likeness (QED) is 0.661. The molecule has 0 saturated carbocycles. The van der Waals surface area contributed by atoms with Crippen LogP contribution in [0.1, 0.15) is 22.5 Å². The molecule has 0 bridgehead atoms. The lowest BCUT2D eigenvalue weighted by atomic mass is 10.1. The van der Waals surface area contributed by atoms with Gasteiger partial charge in [0.05, 0.1) is 11.3 Å². The highest BCUT2D eigenvalue weighted by Gasteiger charge is 2.31. The molecule has 28 heavy (non-hydrogen) atoms. The molecule has 1 aliphatic rings. The lowest BCUT2D eigenvalue weighted by Gasteiger charge is -2.20. The summed E-state index contributed by atoms with van der Waals surface area (Å²) in [5, 5.41) is 1.75. The molecule has 1 saturated heterocycles. The van der Waals surface area contributed by atoms with Crippen molar-refractivity contribution in [1.82, 2.24) is 19.2 Å². The molecule has 3 aromatic rings. The molecule has 0 spiro atoms. The first-order chi connectivity index (χ1) is 13.2. The molecule has 1 aliphatic heterocycles. The van der Waals surface area contributed by atoms with Gasteiger partial charge in [-0.05, 0) is 32.6 Å². The van der Waals surface area contributed by atoms with Gasteiger partial charge in [-0.15, -0.1) is 11.3 Å². The fourth-order valence-electron chi connectivity index (χ4n) is 3.44. The minimum atomic E-state index is -4.41. The first-order valence-corrected chi connectivity index (χ1v) is 9.72. The molecule has 5 nitrogen and oxygen atoms in total. The summed E-state index contributed by atoms with van der Waals surface area (Å²) in [7, 11) is 4.00. The number of likely N-dealkylation sites (tertiary alicyclic amines) is 1. The van der Waals surface area contributed by atoms with Crippen LogP contribution >= 0.6 is 11.3 Å². The second-order valence-corrected chi connectivity index (χ2v) is 7.97. The number of aromatic nitrogens is 2. The highest BCUT2D eigenvalue weighted by molar-refractivity contribution is 7.15. The first-order valence-electron chi connectivity index (χ1n) is 8.84. The number of imidazole rings is 1. The Kier molecular flexibility index (Phi) is 4.67. The number of hydrogen-bond donors (Lipinski definition) is 0. The Bertz CT molecular complexity index is 1020. The van der Waals surface area contributed by atoms with Crippen molar-refractivity contribution in [3.8, 4) is 11.3 Å². The van der Waals surface area contributed by atoms with Crippen LogP contribution in [0.25, 0.3) is 16.2 Å². The Morgan fingerprint density at radius 3 is 2.79 bits per heavy atom.